The van der Waals surface area contributed by atoms with E-state index in [0.29, 0.717) is 24.3 Å². The number of hydrogen-bond donors (Lipinski definition) is 2. The van der Waals surface area contributed by atoms with E-state index in [0.717, 1.165) is 31.9 Å². The van der Waals surface area contributed by atoms with E-state index >= 15 is 0 Å². The molecule has 1 fully saturated rings. The molecule has 1 aliphatic heterocycles. The Balaban J connectivity index is 1.46. The van der Waals surface area contributed by atoms with Crippen molar-refractivity contribution in [3.05, 3.63) is 42.0 Å². The van der Waals surface area contributed by atoms with Crippen LogP contribution in [0.1, 0.15) is 45.3 Å². The maximum atomic E-state index is 5.33. The van der Waals surface area contributed by atoms with Crippen LogP contribution in [0.4, 0.5) is 5.69 Å². The van der Waals surface area contributed by atoms with Gasteiger partial charge in [-0.1, -0.05) is 44.1 Å². The van der Waals surface area contributed by atoms with Gasteiger partial charge in [-0.2, -0.15) is 4.98 Å². The number of nitrogens with zero attached hydrogens (tertiary/aromatic N) is 4. The van der Waals surface area contributed by atoms with Crippen LogP contribution in [-0.4, -0.2) is 42.3 Å². The van der Waals surface area contributed by atoms with Crippen molar-refractivity contribution in [2.75, 3.05) is 25.0 Å². The molecule has 0 spiro atoms. The third-order valence-electron chi connectivity index (χ3n) is 4.70. The van der Waals surface area contributed by atoms with E-state index in [4.69, 9.17) is 4.52 Å². The molecule has 0 atom stereocenters. The average Bonchev–Trinajstić information content (AvgIpc) is 3.16. The minimum Gasteiger partial charge on any atom is -0.371 e. The Kier molecular flexibility index (Phi) is 5.98. The van der Waals surface area contributed by atoms with E-state index in [1.54, 1.807) is 7.05 Å². The van der Waals surface area contributed by atoms with Crippen molar-refractivity contribution >= 4 is 11.6 Å². The Bertz CT molecular complexity index is 741. The van der Waals surface area contributed by atoms with Crippen molar-refractivity contribution in [3.63, 3.8) is 0 Å². The zero-order chi connectivity index (χ0) is 19.3. The van der Waals surface area contributed by atoms with Crippen LogP contribution in [0.5, 0.6) is 0 Å². The number of benzene rings is 1. The number of aliphatic imine (C=N–C) groups is 1. The van der Waals surface area contributed by atoms with Crippen molar-refractivity contribution in [3.8, 4) is 0 Å². The van der Waals surface area contributed by atoms with Crippen molar-refractivity contribution in [2.24, 2.45) is 4.99 Å². The minimum atomic E-state index is -0.141. The standard InChI is InChI=1S/C20H30N6O/c1-20(2,3)18-24-17(25-27-18)14-22-19(21-4)23-15-10-12-26(13-11-15)16-8-6-5-7-9-16/h5-9,15H,10-14H2,1-4H3,(H2,21,22,23). The van der Waals surface area contributed by atoms with Crippen molar-refractivity contribution in [1.29, 1.82) is 0 Å². The SMILES string of the molecule is CN=C(NCc1noc(C(C)(C)C)n1)NC1CCN(c2ccccc2)CC1. The number of guanidine groups is 1. The molecule has 0 radical (unpaired) electrons. The van der Waals surface area contributed by atoms with Gasteiger partial charge in [-0.3, -0.25) is 4.99 Å². The third kappa shape index (κ3) is 5.21. The van der Waals surface area contributed by atoms with Crippen molar-refractivity contribution in [1.82, 2.24) is 20.8 Å². The molecule has 1 aromatic carbocycles. The third-order valence-corrected chi connectivity index (χ3v) is 4.70. The summed E-state index contributed by atoms with van der Waals surface area (Å²) < 4.78 is 5.33. The number of para-hydroxylation sites is 1. The van der Waals surface area contributed by atoms with Gasteiger partial charge in [0.1, 0.15) is 0 Å². The topological polar surface area (TPSA) is 78.6 Å². The fourth-order valence-corrected chi connectivity index (χ4v) is 3.10. The lowest BCUT2D eigenvalue weighted by Gasteiger charge is -2.34. The van der Waals surface area contributed by atoms with E-state index in [2.05, 4.69) is 81.8 Å². The lowest BCUT2D eigenvalue weighted by atomic mass is 9.97. The van der Waals surface area contributed by atoms with E-state index in [1.165, 1.54) is 5.69 Å². The number of hydrogen-bond acceptors (Lipinski definition) is 5. The Labute approximate surface area is 161 Å². The minimum absolute atomic E-state index is 0.141. The maximum Gasteiger partial charge on any atom is 0.232 e. The lowest BCUT2D eigenvalue weighted by molar-refractivity contribution is 0.318. The first kappa shape index (κ1) is 19.2. The van der Waals surface area contributed by atoms with Gasteiger partial charge in [-0.15, -0.1) is 0 Å². The highest BCUT2D eigenvalue weighted by Crippen LogP contribution is 2.20. The molecule has 7 nitrogen and oxygen atoms in total. The molecule has 1 saturated heterocycles. The van der Waals surface area contributed by atoms with Gasteiger partial charge in [0.25, 0.3) is 0 Å². The predicted molar refractivity (Wildman–Crippen MR) is 108 cm³/mol. The van der Waals surface area contributed by atoms with Crippen LogP contribution >= 0.6 is 0 Å². The molecule has 1 aromatic heterocycles. The molecule has 3 rings (SSSR count). The van der Waals surface area contributed by atoms with Gasteiger partial charge >= 0.3 is 0 Å². The highest BCUT2D eigenvalue weighted by atomic mass is 16.5. The quantitative estimate of drug-likeness (QED) is 0.636. The summed E-state index contributed by atoms with van der Waals surface area (Å²) in [6, 6.07) is 11.0. The fraction of sp³-hybridized carbons (Fsp3) is 0.550. The van der Waals surface area contributed by atoms with Gasteiger partial charge in [0.05, 0.1) is 6.54 Å². The number of anilines is 1. The first-order valence-electron chi connectivity index (χ1n) is 9.56. The van der Waals surface area contributed by atoms with Crippen LogP contribution < -0.4 is 15.5 Å². The number of nitrogens with one attached hydrogen (secondary N) is 2. The monoisotopic (exact) mass is 370 g/mol. The smallest absolute Gasteiger partial charge is 0.232 e. The Morgan fingerprint density at radius 2 is 1.93 bits per heavy atom. The van der Waals surface area contributed by atoms with E-state index in [1.807, 2.05) is 0 Å². The molecule has 27 heavy (non-hydrogen) atoms. The van der Waals surface area contributed by atoms with Gasteiger partial charge in [-0.05, 0) is 25.0 Å². The molecule has 2 aromatic rings. The van der Waals surface area contributed by atoms with Gasteiger partial charge in [-0.25, -0.2) is 0 Å². The van der Waals surface area contributed by atoms with Crippen LogP contribution in [0.2, 0.25) is 0 Å². The summed E-state index contributed by atoms with van der Waals surface area (Å²) in [5.41, 5.74) is 1.16. The normalized spacial score (nSPS) is 16.4. The van der Waals surface area contributed by atoms with Gasteiger partial charge in [0.2, 0.25) is 5.89 Å². The average molecular weight is 371 g/mol. The van der Waals surface area contributed by atoms with Gasteiger partial charge < -0.3 is 20.1 Å². The molecule has 0 saturated carbocycles. The first-order valence-corrected chi connectivity index (χ1v) is 9.56. The van der Waals surface area contributed by atoms with Gasteiger partial charge in [0.15, 0.2) is 11.8 Å². The summed E-state index contributed by atoms with van der Waals surface area (Å²) in [5.74, 6) is 2.06. The molecular formula is C20H30N6O. The molecule has 0 aliphatic carbocycles. The second kappa shape index (κ2) is 8.41. The lowest BCUT2D eigenvalue weighted by Crippen LogP contribution is -2.48. The van der Waals surface area contributed by atoms with E-state index in [9.17, 15) is 0 Å². The molecule has 0 bridgehead atoms. The molecule has 0 amide bonds. The molecule has 2 heterocycles. The molecule has 0 unspecified atom stereocenters. The maximum absolute atomic E-state index is 5.33. The summed E-state index contributed by atoms with van der Waals surface area (Å²) in [6.45, 7) is 8.74. The van der Waals surface area contributed by atoms with Crippen LogP contribution in [0.15, 0.2) is 39.8 Å². The number of rotatable bonds is 4. The van der Waals surface area contributed by atoms with E-state index < -0.39 is 0 Å². The van der Waals surface area contributed by atoms with E-state index in [-0.39, 0.29) is 5.41 Å². The highest BCUT2D eigenvalue weighted by molar-refractivity contribution is 5.79. The Hall–Kier alpha value is -2.57. The molecule has 2 N–H and O–H groups in total. The summed E-state index contributed by atoms with van der Waals surface area (Å²) >= 11 is 0. The second-order valence-corrected chi connectivity index (χ2v) is 7.93. The number of piperidine rings is 1. The largest absolute Gasteiger partial charge is 0.371 e. The number of aromatic nitrogens is 2. The molecular weight excluding hydrogens is 340 g/mol. The van der Waals surface area contributed by atoms with Crippen LogP contribution in [0.25, 0.3) is 0 Å². The summed E-state index contributed by atoms with van der Waals surface area (Å²) in [7, 11) is 1.78. The second-order valence-electron chi connectivity index (χ2n) is 7.93. The first-order chi connectivity index (χ1) is 13.0. The fourth-order valence-electron chi connectivity index (χ4n) is 3.10. The van der Waals surface area contributed by atoms with Crippen LogP contribution in [0.3, 0.4) is 0 Å². The summed E-state index contributed by atoms with van der Waals surface area (Å²) in [6.07, 6.45) is 2.15. The molecule has 1 aliphatic rings. The zero-order valence-electron chi connectivity index (χ0n) is 16.7. The summed E-state index contributed by atoms with van der Waals surface area (Å²) in [5, 5.41) is 10.8. The van der Waals surface area contributed by atoms with Crippen LogP contribution in [-0.2, 0) is 12.0 Å². The zero-order valence-corrected chi connectivity index (χ0v) is 16.7. The molecule has 146 valence electrons. The highest BCUT2D eigenvalue weighted by Gasteiger charge is 2.22. The molecule has 7 heteroatoms. The predicted octanol–water partition coefficient (Wildman–Crippen LogP) is 2.70. The van der Waals surface area contributed by atoms with Crippen LogP contribution in [0, 0.1) is 0 Å². The van der Waals surface area contributed by atoms with Gasteiger partial charge in [0, 0.05) is 37.3 Å². The Morgan fingerprint density at radius 3 is 2.52 bits per heavy atom. The van der Waals surface area contributed by atoms with Crippen molar-refractivity contribution in [2.45, 2.75) is 51.6 Å². The Morgan fingerprint density at radius 1 is 1.22 bits per heavy atom. The van der Waals surface area contributed by atoms with Crippen molar-refractivity contribution < 1.29 is 4.52 Å². The summed E-state index contributed by atoms with van der Waals surface area (Å²) in [4.78, 5) is 11.2.